The molecule has 0 atom stereocenters. The molecule has 0 aromatic heterocycles. The highest BCUT2D eigenvalue weighted by atomic mass is 35.5. The minimum Gasteiger partial charge on any atom is -0.461 e. The summed E-state index contributed by atoms with van der Waals surface area (Å²) in [5, 5.41) is 12.7. The van der Waals surface area contributed by atoms with Crippen molar-refractivity contribution in [1.82, 2.24) is 0 Å². The van der Waals surface area contributed by atoms with E-state index in [0.29, 0.717) is 15.7 Å². The average Bonchev–Trinajstić information content (AvgIpc) is 2.89. The number of rotatable bonds is 7. The molecule has 0 aliphatic rings. The van der Waals surface area contributed by atoms with E-state index in [9.17, 15) is 4.79 Å². The molecule has 0 radical (unpaired) electrons. The first-order valence-electron chi connectivity index (χ1n) is 11.0. The predicted octanol–water partition coefficient (Wildman–Crippen LogP) is 6.76. The number of esters is 1. The van der Waals surface area contributed by atoms with E-state index in [2.05, 4.69) is 10.2 Å². The highest BCUT2D eigenvalue weighted by Gasteiger charge is 2.34. The van der Waals surface area contributed by atoms with Gasteiger partial charge in [0.1, 0.15) is 5.69 Å². The summed E-state index contributed by atoms with van der Waals surface area (Å²) in [4.78, 5) is 13.6. The summed E-state index contributed by atoms with van der Waals surface area (Å²) in [6.45, 7) is -0.818. The van der Waals surface area contributed by atoms with Gasteiger partial charge in [-0.2, -0.15) is 0 Å². The van der Waals surface area contributed by atoms with E-state index in [1.54, 1.807) is 25.1 Å². The van der Waals surface area contributed by atoms with Crippen LogP contribution < -0.4 is 15.9 Å². The van der Waals surface area contributed by atoms with Gasteiger partial charge in [0.2, 0.25) is 0 Å². The molecule has 0 fully saturated rings. The molecule has 176 valence electrons. The Balaban J connectivity index is 2.17. The Kier molecular flexibility index (Phi) is 8.20. The lowest BCUT2D eigenvalue weighted by atomic mass is 10.3. The summed E-state index contributed by atoms with van der Waals surface area (Å²) >= 11 is 12.4. The quantitative estimate of drug-likeness (QED) is 0.153. The van der Waals surface area contributed by atoms with E-state index in [0.717, 1.165) is 15.9 Å². The molecule has 0 heterocycles. The van der Waals surface area contributed by atoms with Gasteiger partial charge in [-0.15, -0.1) is 10.2 Å². The molecule has 0 aliphatic carbocycles. The molecule has 0 spiro atoms. The zero-order valence-corrected chi connectivity index (χ0v) is 21.4. The van der Waals surface area contributed by atoms with Gasteiger partial charge in [-0.05, 0) is 41.0 Å². The van der Waals surface area contributed by atoms with Gasteiger partial charge in [-0.1, -0.05) is 114 Å². The van der Waals surface area contributed by atoms with Crippen LogP contribution in [-0.2, 0) is 9.53 Å². The number of halogens is 2. The Hall–Kier alpha value is -3.17. The van der Waals surface area contributed by atoms with Crippen LogP contribution in [0, 0.1) is 0 Å². The minimum atomic E-state index is -2.80. The number of ether oxygens (including phenoxy) is 1. The SMILES string of the molecule is CCOC(=O)C(N=Nc1ccc(Cl)cc1Cl)=P(c1ccccc1)(c1ccccc1)c1ccccc1. The third-order valence-corrected chi connectivity index (χ3v) is 10.0. The van der Waals surface area contributed by atoms with Gasteiger partial charge in [0.05, 0.1) is 11.6 Å². The van der Waals surface area contributed by atoms with Crippen molar-refractivity contribution < 1.29 is 9.53 Å². The molecule has 4 aromatic rings. The van der Waals surface area contributed by atoms with Gasteiger partial charge < -0.3 is 4.74 Å². The summed E-state index contributed by atoms with van der Waals surface area (Å²) in [7, 11) is 0. The Labute approximate surface area is 215 Å². The van der Waals surface area contributed by atoms with Crippen molar-refractivity contribution in [3.8, 4) is 0 Å². The number of hydrogen-bond acceptors (Lipinski definition) is 3. The van der Waals surface area contributed by atoms with Crippen LogP contribution in [0.4, 0.5) is 5.69 Å². The van der Waals surface area contributed by atoms with E-state index in [1.165, 1.54) is 0 Å². The van der Waals surface area contributed by atoms with Crippen molar-refractivity contribution in [3.05, 3.63) is 119 Å². The van der Waals surface area contributed by atoms with Crippen molar-refractivity contribution in [2.45, 2.75) is 6.92 Å². The molecule has 0 N–H and O–H groups in total. The summed E-state index contributed by atoms with van der Waals surface area (Å²) in [6, 6.07) is 34.7. The van der Waals surface area contributed by atoms with E-state index in [-0.39, 0.29) is 12.0 Å². The van der Waals surface area contributed by atoms with Gasteiger partial charge in [0.15, 0.2) is 5.42 Å². The first kappa shape index (κ1) is 24.9. The highest BCUT2D eigenvalue weighted by Crippen LogP contribution is 2.47. The Morgan fingerprint density at radius 2 is 1.26 bits per heavy atom. The van der Waals surface area contributed by atoms with E-state index in [1.807, 2.05) is 91.0 Å². The topological polar surface area (TPSA) is 51.0 Å². The fraction of sp³-hybridized carbons (Fsp3) is 0.0714. The van der Waals surface area contributed by atoms with E-state index in [4.69, 9.17) is 27.9 Å². The summed E-state index contributed by atoms with van der Waals surface area (Å²) in [5.74, 6) is -0.522. The molecule has 35 heavy (non-hydrogen) atoms. The fourth-order valence-electron chi connectivity index (χ4n) is 3.87. The molecule has 0 saturated carbocycles. The molecule has 0 saturated heterocycles. The lowest BCUT2D eigenvalue weighted by Gasteiger charge is -2.29. The van der Waals surface area contributed by atoms with Gasteiger partial charge in [0, 0.05) is 11.9 Å². The minimum absolute atomic E-state index is 0.206. The number of nitrogens with zero attached hydrogens (tertiary/aromatic N) is 2. The van der Waals surface area contributed by atoms with Crippen molar-refractivity contribution in [2.75, 3.05) is 6.61 Å². The van der Waals surface area contributed by atoms with Crippen molar-refractivity contribution in [2.24, 2.45) is 10.2 Å². The Bertz CT molecular complexity index is 1290. The second-order valence-electron chi connectivity index (χ2n) is 7.52. The molecule has 0 bridgehead atoms. The van der Waals surface area contributed by atoms with Crippen LogP contribution in [0.25, 0.3) is 0 Å². The third kappa shape index (κ3) is 5.26. The maximum atomic E-state index is 13.6. The Morgan fingerprint density at radius 3 is 1.69 bits per heavy atom. The lowest BCUT2D eigenvalue weighted by Crippen LogP contribution is -2.33. The number of azo groups is 1. The summed E-state index contributed by atoms with van der Waals surface area (Å²) < 4.78 is 5.56. The first-order valence-corrected chi connectivity index (χ1v) is 13.6. The zero-order chi connectivity index (χ0) is 24.7. The highest BCUT2D eigenvalue weighted by molar-refractivity contribution is 7.96. The summed E-state index contributed by atoms with van der Waals surface area (Å²) in [6.07, 6.45) is 0. The van der Waals surface area contributed by atoms with Crippen LogP contribution in [0.5, 0.6) is 0 Å². The van der Waals surface area contributed by atoms with Crippen LogP contribution in [-0.4, -0.2) is 18.0 Å². The number of carbonyl (C=O) groups excluding carboxylic acids is 1. The second-order valence-corrected chi connectivity index (χ2v) is 11.7. The van der Waals surface area contributed by atoms with E-state index < -0.39 is 12.9 Å². The zero-order valence-electron chi connectivity index (χ0n) is 19.0. The van der Waals surface area contributed by atoms with E-state index >= 15 is 0 Å². The molecule has 4 nitrogen and oxygen atoms in total. The van der Waals surface area contributed by atoms with Crippen molar-refractivity contribution in [1.29, 1.82) is 0 Å². The van der Waals surface area contributed by atoms with Crippen molar-refractivity contribution >= 4 is 63.1 Å². The number of hydrogen-bond donors (Lipinski definition) is 0. The van der Waals surface area contributed by atoms with Crippen LogP contribution >= 0.6 is 30.1 Å². The van der Waals surface area contributed by atoms with Crippen LogP contribution in [0.15, 0.2) is 119 Å². The molecule has 4 aromatic carbocycles. The fourth-order valence-corrected chi connectivity index (χ4v) is 8.32. The molecule has 4 rings (SSSR count). The maximum absolute atomic E-state index is 13.6. The molecular formula is C28H23Cl2N2O2P. The van der Waals surface area contributed by atoms with Crippen LogP contribution in [0.3, 0.4) is 0 Å². The smallest absolute Gasteiger partial charge is 0.359 e. The van der Waals surface area contributed by atoms with Gasteiger partial charge in [0.25, 0.3) is 0 Å². The average molecular weight is 521 g/mol. The third-order valence-electron chi connectivity index (χ3n) is 5.37. The normalized spacial score (nSPS) is 11.4. The summed E-state index contributed by atoms with van der Waals surface area (Å²) in [5.41, 5.74) is 0.638. The largest absolute Gasteiger partial charge is 0.461 e. The molecule has 0 amide bonds. The first-order chi connectivity index (χ1) is 17.1. The van der Waals surface area contributed by atoms with Crippen molar-refractivity contribution in [3.63, 3.8) is 0 Å². The standard InChI is InChI=1S/C28H23Cl2N2O2P/c1-2-34-28(33)27(32-31-26-19-18-21(29)20-25(26)30)35(22-12-6-3-7-13-22,23-14-8-4-9-15-23)24-16-10-5-11-17-24/h3-20H,2H2,1H3. The molecule has 7 heteroatoms. The predicted molar refractivity (Wildman–Crippen MR) is 148 cm³/mol. The van der Waals surface area contributed by atoms with Gasteiger partial charge in [-0.25, -0.2) is 4.79 Å². The Morgan fingerprint density at radius 1 is 0.771 bits per heavy atom. The second kappa shape index (κ2) is 11.5. The van der Waals surface area contributed by atoms with Gasteiger partial charge >= 0.3 is 5.97 Å². The number of carbonyl (C=O) groups is 1. The van der Waals surface area contributed by atoms with Gasteiger partial charge in [-0.3, -0.25) is 0 Å². The van der Waals surface area contributed by atoms with Crippen LogP contribution in [0.2, 0.25) is 10.0 Å². The molecule has 0 unspecified atom stereocenters. The molecule has 0 aliphatic heterocycles. The number of benzene rings is 4. The van der Waals surface area contributed by atoms with Crippen LogP contribution in [0.1, 0.15) is 6.92 Å². The molecular weight excluding hydrogens is 498 g/mol. The maximum Gasteiger partial charge on any atom is 0.359 e. The monoisotopic (exact) mass is 520 g/mol. The lowest BCUT2D eigenvalue weighted by molar-refractivity contribution is -0.134.